The molecule has 0 N–H and O–H groups in total. The van der Waals surface area contributed by atoms with Crippen LogP contribution in [0.15, 0.2) is 0 Å². The molecule has 118 valence electrons. The molecular formula is C18H36N2. The Morgan fingerprint density at radius 2 is 1.55 bits per heavy atom. The Bertz CT molecular complexity index is 246. The highest BCUT2D eigenvalue weighted by molar-refractivity contribution is 4.85. The van der Waals surface area contributed by atoms with E-state index in [0.29, 0.717) is 0 Å². The molecule has 1 heterocycles. The molecule has 2 fully saturated rings. The van der Waals surface area contributed by atoms with E-state index in [4.69, 9.17) is 0 Å². The van der Waals surface area contributed by atoms with Crippen molar-refractivity contribution in [3.8, 4) is 0 Å². The molecule has 0 aromatic rings. The molecule has 20 heavy (non-hydrogen) atoms. The summed E-state index contributed by atoms with van der Waals surface area (Å²) in [5.74, 6) is 0.939. The molecule has 2 rings (SSSR count). The minimum atomic E-state index is 0.759. The summed E-state index contributed by atoms with van der Waals surface area (Å²) in [6, 6.07) is 0. The third-order valence-electron chi connectivity index (χ3n) is 5.44. The van der Waals surface area contributed by atoms with E-state index in [9.17, 15) is 0 Å². The molecule has 1 aliphatic heterocycles. The Balaban J connectivity index is 1.84. The van der Waals surface area contributed by atoms with Gasteiger partial charge in [0, 0.05) is 13.1 Å². The Labute approximate surface area is 126 Å². The first kappa shape index (κ1) is 16.3. The summed E-state index contributed by atoms with van der Waals surface area (Å²) in [6.07, 6.45) is 16.7. The van der Waals surface area contributed by atoms with Crippen molar-refractivity contribution in [3.05, 3.63) is 0 Å². The summed E-state index contributed by atoms with van der Waals surface area (Å²) in [5, 5.41) is 0. The average molecular weight is 280 g/mol. The normalized spacial score (nSPS) is 27.6. The fourth-order valence-corrected chi connectivity index (χ4v) is 4.26. The molecule has 1 saturated heterocycles. The van der Waals surface area contributed by atoms with Crippen LogP contribution in [0.3, 0.4) is 0 Å². The second-order valence-corrected chi connectivity index (χ2v) is 7.10. The van der Waals surface area contributed by atoms with Crippen LogP contribution < -0.4 is 0 Å². The fourth-order valence-electron chi connectivity index (χ4n) is 4.26. The van der Waals surface area contributed by atoms with E-state index in [1.165, 1.54) is 90.3 Å². The first-order valence-corrected chi connectivity index (χ1v) is 9.27. The van der Waals surface area contributed by atoms with Gasteiger partial charge in [-0.3, -0.25) is 9.80 Å². The maximum atomic E-state index is 2.81. The van der Waals surface area contributed by atoms with E-state index in [-0.39, 0.29) is 0 Å². The van der Waals surface area contributed by atoms with E-state index in [1.54, 1.807) is 0 Å². The van der Waals surface area contributed by atoms with Crippen molar-refractivity contribution in [3.63, 3.8) is 0 Å². The van der Waals surface area contributed by atoms with Gasteiger partial charge < -0.3 is 0 Å². The molecule has 0 spiro atoms. The lowest BCUT2D eigenvalue weighted by Crippen LogP contribution is -2.43. The van der Waals surface area contributed by atoms with Crippen molar-refractivity contribution in [2.24, 2.45) is 5.92 Å². The summed E-state index contributed by atoms with van der Waals surface area (Å²) < 4.78 is 0. The lowest BCUT2D eigenvalue weighted by atomic mass is 9.88. The van der Waals surface area contributed by atoms with Crippen LogP contribution in [0.1, 0.15) is 77.6 Å². The van der Waals surface area contributed by atoms with Gasteiger partial charge in [-0.2, -0.15) is 0 Å². The third kappa shape index (κ3) is 4.73. The number of likely N-dealkylation sites (N-methyl/N-ethyl adjacent to an activating group) is 1. The maximum Gasteiger partial charge on any atom is 0.0649 e. The van der Waals surface area contributed by atoms with Gasteiger partial charge in [-0.25, -0.2) is 0 Å². The van der Waals surface area contributed by atoms with Crippen molar-refractivity contribution in [2.45, 2.75) is 83.7 Å². The Morgan fingerprint density at radius 1 is 0.850 bits per heavy atom. The standard InChI is InChI=1S/C18H36N2/c1-3-4-5-11-14-20-16-15-19(2)18(20)17-12-9-7-6-8-10-13-17/h17-18H,3-16H2,1-2H3. The van der Waals surface area contributed by atoms with Crippen LogP contribution in [-0.4, -0.2) is 42.6 Å². The minimum Gasteiger partial charge on any atom is -0.289 e. The van der Waals surface area contributed by atoms with E-state index in [2.05, 4.69) is 23.8 Å². The van der Waals surface area contributed by atoms with Crippen molar-refractivity contribution in [1.29, 1.82) is 0 Å². The van der Waals surface area contributed by atoms with Gasteiger partial charge in [-0.1, -0.05) is 58.3 Å². The third-order valence-corrected chi connectivity index (χ3v) is 5.44. The van der Waals surface area contributed by atoms with Crippen LogP contribution >= 0.6 is 0 Å². The van der Waals surface area contributed by atoms with Gasteiger partial charge in [0.25, 0.3) is 0 Å². The van der Waals surface area contributed by atoms with Gasteiger partial charge in [0.05, 0.1) is 6.17 Å². The van der Waals surface area contributed by atoms with Crippen molar-refractivity contribution >= 4 is 0 Å². The first-order valence-electron chi connectivity index (χ1n) is 9.27. The highest BCUT2D eigenvalue weighted by Crippen LogP contribution is 2.31. The fraction of sp³-hybridized carbons (Fsp3) is 1.00. The summed E-state index contributed by atoms with van der Waals surface area (Å²) in [4.78, 5) is 5.45. The lowest BCUT2D eigenvalue weighted by molar-refractivity contribution is 0.0791. The highest BCUT2D eigenvalue weighted by atomic mass is 15.4. The van der Waals surface area contributed by atoms with Crippen LogP contribution in [0.2, 0.25) is 0 Å². The van der Waals surface area contributed by atoms with Gasteiger partial charge in [0.1, 0.15) is 0 Å². The number of hydrogen-bond donors (Lipinski definition) is 0. The predicted octanol–water partition coefficient (Wildman–Crippen LogP) is 4.50. The van der Waals surface area contributed by atoms with Gasteiger partial charge in [0.15, 0.2) is 0 Å². The second-order valence-electron chi connectivity index (χ2n) is 7.10. The molecule has 1 saturated carbocycles. The average Bonchev–Trinajstić information content (AvgIpc) is 2.76. The van der Waals surface area contributed by atoms with Crippen LogP contribution in [0.4, 0.5) is 0 Å². The smallest absolute Gasteiger partial charge is 0.0649 e. The van der Waals surface area contributed by atoms with E-state index >= 15 is 0 Å². The molecule has 2 heteroatoms. The number of rotatable bonds is 6. The Hall–Kier alpha value is -0.0800. The van der Waals surface area contributed by atoms with Gasteiger partial charge in [-0.05, 0) is 38.8 Å². The second kappa shape index (κ2) is 9.04. The summed E-state index contributed by atoms with van der Waals surface area (Å²) >= 11 is 0. The van der Waals surface area contributed by atoms with Crippen LogP contribution in [0.25, 0.3) is 0 Å². The van der Waals surface area contributed by atoms with E-state index in [0.717, 1.165) is 12.1 Å². The quantitative estimate of drug-likeness (QED) is 0.661. The summed E-state index contributed by atoms with van der Waals surface area (Å²) in [5.41, 5.74) is 0. The van der Waals surface area contributed by atoms with Crippen molar-refractivity contribution < 1.29 is 0 Å². The predicted molar refractivity (Wildman–Crippen MR) is 87.9 cm³/mol. The van der Waals surface area contributed by atoms with E-state index in [1.807, 2.05) is 0 Å². The van der Waals surface area contributed by atoms with Crippen molar-refractivity contribution in [1.82, 2.24) is 9.80 Å². The number of nitrogens with zero attached hydrogens (tertiary/aromatic N) is 2. The lowest BCUT2D eigenvalue weighted by Gasteiger charge is -2.36. The van der Waals surface area contributed by atoms with Crippen molar-refractivity contribution in [2.75, 3.05) is 26.7 Å². The molecule has 1 atom stereocenters. The SMILES string of the molecule is CCCCCCN1CCN(C)C1C1CCCCCCC1. The molecular weight excluding hydrogens is 244 g/mol. The molecule has 1 aliphatic carbocycles. The summed E-state index contributed by atoms with van der Waals surface area (Å²) in [7, 11) is 2.36. The largest absolute Gasteiger partial charge is 0.289 e. The van der Waals surface area contributed by atoms with E-state index < -0.39 is 0 Å². The first-order chi connectivity index (χ1) is 9.83. The van der Waals surface area contributed by atoms with Gasteiger partial charge in [0.2, 0.25) is 0 Å². The Kier molecular flexibility index (Phi) is 7.37. The number of unbranched alkanes of at least 4 members (excludes halogenated alkanes) is 3. The maximum absolute atomic E-state index is 2.81. The summed E-state index contributed by atoms with van der Waals surface area (Å²) in [6.45, 7) is 6.24. The van der Waals surface area contributed by atoms with Crippen LogP contribution in [-0.2, 0) is 0 Å². The highest BCUT2D eigenvalue weighted by Gasteiger charge is 2.34. The Morgan fingerprint density at radius 3 is 2.25 bits per heavy atom. The molecule has 2 aliphatic rings. The molecule has 2 nitrogen and oxygen atoms in total. The molecule has 0 amide bonds. The minimum absolute atomic E-state index is 0.759. The molecule has 0 aromatic carbocycles. The topological polar surface area (TPSA) is 6.48 Å². The molecule has 0 aromatic heterocycles. The zero-order chi connectivity index (χ0) is 14.2. The molecule has 1 unspecified atom stereocenters. The molecule has 0 radical (unpaired) electrons. The van der Waals surface area contributed by atoms with Gasteiger partial charge in [-0.15, -0.1) is 0 Å². The zero-order valence-corrected chi connectivity index (χ0v) is 13.9. The molecule has 0 bridgehead atoms. The van der Waals surface area contributed by atoms with Crippen LogP contribution in [0.5, 0.6) is 0 Å². The monoisotopic (exact) mass is 280 g/mol. The number of hydrogen-bond acceptors (Lipinski definition) is 2. The zero-order valence-electron chi connectivity index (χ0n) is 13.9. The van der Waals surface area contributed by atoms with Crippen LogP contribution in [0, 0.1) is 5.92 Å². The van der Waals surface area contributed by atoms with Gasteiger partial charge >= 0.3 is 0 Å².